The number of fused-ring (bicyclic) bond motifs is 4. The van der Waals surface area contributed by atoms with E-state index in [1.54, 1.807) is 0 Å². The van der Waals surface area contributed by atoms with Gasteiger partial charge in [-0.1, -0.05) is 154 Å². The highest BCUT2D eigenvalue weighted by Gasteiger charge is 2.35. The van der Waals surface area contributed by atoms with Gasteiger partial charge in [0.2, 0.25) is 0 Å². The van der Waals surface area contributed by atoms with Crippen molar-refractivity contribution in [2.24, 2.45) is 0 Å². The summed E-state index contributed by atoms with van der Waals surface area (Å²) in [7, 11) is 0. The molecule has 7 aromatic carbocycles. The fourth-order valence-corrected chi connectivity index (χ4v) is 8.86. The molecule has 0 bridgehead atoms. The third kappa shape index (κ3) is 5.24. The Labute approximate surface area is 296 Å². The lowest BCUT2D eigenvalue weighted by atomic mass is 9.82. The molecule has 0 saturated heterocycles. The van der Waals surface area contributed by atoms with Crippen LogP contribution in [0, 0.1) is 0 Å². The van der Waals surface area contributed by atoms with Crippen molar-refractivity contribution in [1.29, 1.82) is 0 Å². The molecule has 0 amide bonds. The van der Waals surface area contributed by atoms with E-state index >= 15 is 0 Å². The summed E-state index contributed by atoms with van der Waals surface area (Å²) in [4.78, 5) is 2.45. The summed E-state index contributed by atoms with van der Waals surface area (Å²) in [5.41, 5.74) is 15.5. The molecular formula is C49H43N. The minimum atomic E-state index is -0.0182. The van der Waals surface area contributed by atoms with E-state index in [9.17, 15) is 0 Å². The predicted molar refractivity (Wildman–Crippen MR) is 213 cm³/mol. The van der Waals surface area contributed by atoms with Gasteiger partial charge in [0.25, 0.3) is 0 Å². The smallest absolute Gasteiger partial charge is 0.0468 e. The fourth-order valence-electron chi connectivity index (χ4n) is 8.86. The Kier molecular flexibility index (Phi) is 7.65. The van der Waals surface area contributed by atoms with E-state index in [1.807, 2.05) is 0 Å². The first-order valence-corrected chi connectivity index (χ1v) is 18.4. The highest BCUT2D eigenvalue weighted by Crippen LogP contribution is 2.51. The number of anilines is 3. The van der Waals surface area contributed by atoms with Crippen LogP contribution in [0.15, 0.2) is 158 Å². The standard InChI is InChI=1S/C49H43N/c1-49(2)46-22-10-9-19-44(46)45-33-41(31-32-47(45)49)50(39-27-23-35(24-28-39)34-13-5-3-6-14-34)40-29-25-37(26-30-40)43-21-12-18-38-17-11-20-42(48(38)43)36-15-7-4-8-16-36/h4,7-12,15-34H,3,5-6,13-14H2,1-2H3. The van der Waals surface area contributed by atoms with Crippen molar-refractivity contribution in [3.8, 4) is 33.4 Å². The molecule has 0 radical (unpaired) electrons. The molecule has 7 aromatic rings. The Morgan fingerprint density at radius 3 is 1.72 bits per heavy atom. The van der Waals surface area contributed by atoms with Crippen molar-refractivity contribution < 1.29 is 0 Å². The predicted octanol–water partition coefficient (Wildman–Crippen LogP) is 14.0. The van der Waals surface area contributed by atoms with Crippen LogP contribution in [-0.2, 0) is 5.41 Å². The molecule has 1 saturated carbocycles. The monoisotopic (exact) mass is 645 g/mol. The Morgan fingerprint density at radius 1 is 0.460 bits per heavy atom. The molecule has 1 fully saturated rings. The Morgan fingerprint density at radius 2 is 1.02 bits per heavy atom. The maximum atomic E-state index is 2.45. The summed E-state index contributed by atoms with van der Waals surface area (Å²) >= 11 is 0. The van der Waals surface area contributed by atoms with Crippen LogP contribution in [0.25, 0.3) is 44.2 Å². The number of rotatable bonds is 6. The van der Waals surface area contributed by atoms with Crippen molar-refractivity contribution in [2.75, 3.05) is 4.90 Å². The third-order valence-corrected chi connectivity index (χ3v) is 11.5. The minimum Gasteiger partial charge on any atom is -0.310 e. The van der Waals surface area contributed by atoms with Crippen LogP contribution in [0.1, 0.15) is 68.6 Å². The van der Waals surface area contributed by atoms with E-state index in [2.05, 4.69) is 176 Å². The van der Waals surface area contributed by atoms with Crippen LogP contribution in [0.4, 0.5) is 17.1 Å². The van der Waals surface area contributed by atoms with Gasteiger partial charge in [-0.2, -0.15) is 0 Å². The number of hydrogen-bond acceptors (Lipinski definition) is 1. The Hall–Kier alpha value is -5.40. The second kappa shape index (κ2) is 12.5. The van der Waals surface area contributed by atoms with E-state index in [-0.39, 0.29) is 5.41 Å². The second-order valence-electron chi connectivity index (χ2n) is 14.8. The van der Waals surface area contributed by atoms with E-state index in [0.29, 0.717) is 5.92 Å². The molecule has 0 aliphatic heterocycles. The zero-order valence-corrected chi connectivity index (χ0v) is 29.1. The molecule has 50 heavy (non-hydrogen) atoms. The van der Waals surface area contributed by atoms with Gasteiger partial charge >= 0.3 is 0 Å². The van der Waals surface area contributed by atoms with Crippen LogP contribution in [0.2, 0.25) is 0 Å². The Bertz CT molecular complexity index is 2300. The molecule has 244 valence electrons. The largest absolute Gasteiger partial charge is 0.310 e. The van der Waals surface area contributed by atoms with Crippen LogP contribution < -0.4 is 4.90 Å². The summed E-state index contributed by atoms with van der Waals surface area (Å²) in [5, 5.41) is 2.55. The van der Waals surface area contributed by atoms with Gasteiger partial charge in [0.05, 0.1) is 0 Å². The number of nitrogens with zero attached hydrogens (tertiary/aromatic N) is 1. The molecule has 2 aliphatic rings. The first kappa shape index (κ1) is 30.6. The summed E-state index contributed by atoms with van der Waals surface area (Å²) in [6.07, 6.45) is 6.70. The van der Waals surface area contributed by atoms with Gasteiger partial charge in [-0.15, -0.1) is 0 Å². The topological polar surface area (TPSA) is 3.24 Å². The zero-order chi connectivity index (χ0) is 33.7. The van der Waals surface area contributed by atoms with E-state index in [0.717, 1.165) is 5.69 Å². The highest BCUT2D eigenvalue weighted by atomic mass is 15.1. The van der Waals surface area contributed by atoms with Crippen molar-refractivity contribution >= 4 is 27.8 Å². The molecule has 9 rings (SSSR count). The molecule has 1 nitrogen and oxygen atoms in total. The summed E-state index contributed by atoms with van der Waals surface area (Å²) < 4.78 is 0. The van der Waals surface area contributed by atoms with Gasteiger partial charge in [-0.05, 0) is 116 Å². The van der Waals surface area contributed by atoms with E-state index in [1.165, 1.54) is 104 Å². The summed E-state index contributed by atoms with van der Waals surface area (Å²) in [6.45, 7) is 4.71. The summed E-state index contributed by atoms with van der Waals surface area (Å²) in [5.74, 6) is 0.686. The molecule has 0 atom stereocenters. The molecule has 2 aliphatic carbocycles. The van der Waals surface area contributed by atoms with E-state index < -0.39 is 0 Å². The minimum absolute atomic E-state index is 0.0182. The van der Waals surface area contributed by atoms with Crippen molar-refractivity contribution in [3.05, 3.63) is 174 Å². The first-order chi connectivity index (χ1) is 24.6. The third-order valence-electron chi connectivity index (χ3n) is 11.5. The zero-order valence-electron chi connectivity index (χ0n) is 29.1. The van der Waals surface area contributed by atoms with Gasteiger partial charge in [0, 0.05) is 22.5 Å². The second-order valence-corrected chi connectivity index (χ2v) is 14.8. The lowest BCUT2D eigenvalue weighted by molar-refractivity contribution is 0.443. The molecule has 0 aromatic heterocycles. The van der Waals surface area contributed by atoms with Crippen LogP contribution in [0.5, 0.6) is 0 Å². The lowest BCUT2D eigenvalue weighted by Gasteiger charge is -2.28. The van der Waals surface area contributed by atoms with E-state index in [4.69, 9.17) is 0 Å². The van der Waals surface area contributed by atoms with Gasteiger partial charge in [0.15, 0.2) is 0 Å². The van der Waals surface area contributed by atoms with Crippen LogP contribution >= 0.6 is 0 Å². The molecule has 1 heteroatoms. The molecule has 0 spiro atoms. The molecule has 0 unspecified atom stereocenters. The maximum absolute atomic E-state index is 2.45. The first-order valence-electron chi connectivity index (χ1n) is 18.4. The highest BCUT2D eigenvalue weighted by molar-refractivity contribution is 6.06. The molecule has 0 N–H and O–H groups in total. The van der Waals surface area contributed by atoms with Crippen molar-refractivity contribution in [3.63, 3.8) is 0 Å². The van der Waals surface area contributed by atoms with Crippen molar-refractivity contribution in [2.45, 2.75) is 57.3 Å². The normalized spacial score (nSPS) is 15.1. The van der Waals surface area contributed by atoms with Crippen LogP contribution in [-0.4, -0.2) is 0 Å². The number of hydrogen-bond donors (Lipinski definition) is 0. The lowest BCUT2D eigenvalue weighted by Crippen LogP contribution is -2.15. The van der Waals surface area contributed by atoms with Gasteiger partial charge in [-0.25, -0.2) is 0 Å². The van der Waals surface area contributed by atoms with Gasteiger partial charge in [-0.3, -0.25) is 0 Å². The molecule has 0 heterocycles. The fraction of sp³-hybridized carbons (Fsp3) is 0.184. The number of benzene rings is 7. The average molecular weight is 646 g/mol. The average Bonchev–Trinajstić information content (AvgIpc) is 3.41. The SMILES string of the molecule is CC1(C)c2ccccc2-c2cc(N(c3ccc(-c4cccc5cccc(-c6ccccc6)c45)cc3)c3ccc(C4CCCCC4)cc3)ccc21. The Balaban J connectivity index is 1.15. The van der Waals surface area contributed by atoms with Crippen molar-refractivity contribution in [1.82, 2.24) is 0 Å². The quantitative estimate of drug-likeness (QED) is 0.174. The van der Waals surface area contributed by atoms with Crippen LogP contribution in [0.3, 0.4) is 0 Å². The summed E-state index contributed by atoms with van der Waals surface area (Å²) in [6, 6.07) is 58.8. The molecular weight excluding hydrogens is 603 g/mol. The van der Waals surface area contributed by atoms with Gasteiger partial charge in [0.1, 0.15) is 0 Å². The maximum Gasteiger partial charge on any atom is 0.0468 e. The van der Waals surface area contributed by atoms with Gasteiger partial charge < -0.3 is 4.90 Å².